The lowest BCUT2D eigenvalue weighted by Crippen LogP contribution is -2.36. The molecular formula is C11H14F2N2O2. The van der Waals surface area contributed by atoms with Gasteiger partial charge >= 0.3 is 0 Å². The highest BCUT2D eigenvalue weighted by atomic mass is 19.3. The number of carbonyl (C=O) groups is 1. The molecule has 0 radical (unpaired) electrons. The second-order valence-corrected chi connectivity index (χ2v) is 4.17. The van der Waals surface area contributed by atoms with Gasteiger partial charge in [0.1, 0.15) is 5.76 Å². The molecule has 2 rings (SSSR count). The molecule has 0 spiro atoms. The van der Waals surface area contributed by atoms with Crippen molar-refractivity contribution in [2.24, 2.45) is 0 Å². The highest BCUT2D eigenvalue weighted by Gasteiger charge is 2.38. The van der Waals surface area contributed by atoms with Gasteiger partial charge in [0.25, 0.3) is 5.92 Å². The van der Waals surface area contributed by atoms with Crippen LogP contribution in [0, 0.1) is 0 Å². The molecule has 2 heterocycles. The molecule has 1 aromatic heterocycles. The number of alkyl halides is 2. The summed E-state index contributed by atoms with van der Waals surface area (Å²) in [5, 5.41) is 2.62. The SMILES string of the molecule is O=C(CN1CCC(F)(F)C1)NCc1ccco1. The van der Waals surface area contributed by atoms with E-state index >= 15 is 0 Å². The van der Waals surface area contributed by atoms with Crippen LogP contribution in [-0.2, 0) is 11.3 Å². The van der Waals surface area contributed by atoms with Gasteiger partial charge < -0.3 is 9.73 Å². The molecule has 0 bridgehead atoms. The summed E-state index contributed by atoms with van der Waals surface area (Å²) in [4.78, 5) is 12.9. The van der Waals surface area contributed by atoms with E-state index < -0.39 is 5.92 Å². The third-order valence-electron chi connectivity index (χ3n) is 2.66. The molecule has 1 aliphatic heterocycles. The quantitative estimate of drug-likeness (QED) is 0.866. The second kappa shape index (κ2) is 4.83. The van der Waals surface area contributed by atoms with E-state index in [1.807, 2.05) is 0 Å². The largest absolute Gasteiger partial charge is 0.467 e. The van der Waals surface area contributed by atoms with Crippen molar-refractivity contribution in [3.63, 3.8) is 0 Å². The van der Waals surface area contributed by atoms with Crippen LogP contribution in [0.2, 0.25) is 0 Å². The zero-order valence-corrected chi connectivity index (χ0v) is 9.29. The van der Waals surface area contributed by atoms with Crippen molar-refractivity contribution in [3.05, 3.63) is 24.2 Å². The van der Waals surface area contributed by atoms with E-state index in [1.54, 1.807) is 12.1 Å². The maximum absolute atomic E-state index is 12.9. The summed E-state index contributed by atoms with van der Waals surface area (Å²) >= 11 is 0. The van der Waals surface area contributed by atoms with Crippen LogP contribution in [0.15, 0.2) is 22.8 Å². The maximum atomic E-state index is 12.9. The topological polar surface area (TPSA) is 45.5 Å². The van der Waals surface area contributed by atoms with Crippen molar-refractivity contribution < 1.29 is 18.0 Å². The van der Waals surface area contributed by atoms with E-state index in [0.717, 1.165) is 0 Å². The van der Waals surface area contributed by atoms with Crippen LogP contribution in [-0.4, -0.2) is 36.4 Å². The minimum absolute atomic E-state index is 0.0102. The zero-order valence-electron chi connectivity index (χ0n) is 9.29. The van der Waals surface area contributed by atoms with Crippen molar-refractivity contribution in [1.29, 1.82) is 0 Å². The second-order valence-electron chi connectivity index (χ2n) is 4.17. The summed E-state index contributed by atoms with van der Waals surface area (Å²) < 4.78 is 30.8. The first-order chi connectivity index (χ1) is 8.05. The summed E-state index contributed by atoms with van der Waals surface area (Å²) in [6.07, 6.45) is 1.35. The van der Waals surface area contributed by atoms with Gasteiger partial charge in [0, 0.05) is 13.0 Å². The van der Waals surface area contributed by atoms with Crippen LogP contribution in [0.1, 0.15) is 12.2 Å². The van der Waals surface area contributed by atoms with Gasteiger partial charge in [-0.1, -0.05) is 0 Å². The Morgan fingerprint density at radius 2 is 2.41 bits per heavy atom. The lowest BCUT2D eigenvalue weighted by atomic mass is 10.3. The summed E-state index contributed by atoms with van der Waals surface area (Å²) in [5.74, 6) is -2.27. The molecule has 94 valence electrons. The van der Waals surface area contributed by atoms with Gasteiger partial charge in [-0.05, 0) is 12.1 Å². The Morgan fingerprint density at radius 3 is 3.00 bits per heavy atom. The molecule has 1 fully saturated rings. The first-order valence-corrected chi connectivity index (χ1v) is 5.44. The average Bonchev–Trinajstić information content (AvgIpc) is 2.85. The maximum Gasteiger partial charge on any atom is 0.261 e. The predicted octanol–water partition coefficient (Wildman–Crippen LogP) is 1.24. The van der Waals surface area contributed by atoms with Crippen LogP contribution in [0.4, 0.5) is 8.78 Å². The number of amides is 1. The Kier molecular flexibility index (Phi) is 3.42. The third kappa shape index (κ3) is 3.52. The first-order valence-electron chi connectivity index (χ1n) is 5.44. The van der Waals surface area contributed by atoms with Crippen LogP contribution < -0.4 is 5.32 Å². The monoisotopic (exact) mass is 244 g/mol. The zero-order chi connectivity index (χ0) is 12.3. The Hall–Kier alpha value is -1.43. The van der Waals surface area contributed by atoms with Crippen molar-refractivity contribution in [2.45, 2.75) is 18.9 Å². The molecule has 0 aliphatic carbocycles. The molecule has 1 aliphatic rings. The fraction of sp³-hybridized carbons (Fsp3) is 0.545. The van der Waals surface area contributed by atoms with Gasteiger partial charge in [0.05, 0.1) is 25.9 Å². The molecule has 4 nitrogen and oxygen atoms in total. The standard InChI is InChI=1S/C11H14F2N2O2/c12-11(13)3-4-15(8-11)7-10(16)14-6-9-2-1-5-17-9/h1-2,5H,3-4,6-8H2,(H,14,16). The normalized spacial score (nSPS) is 19.4. The first kappa shape index (κ1) is 12.0. The number of hydrogen-bond acceptors (Lipinski definition) is 3. The van der Waals surface area contributed by atoms with Crippen LogP contribution in [0.25, 0.3) is 0 Å². The number of hydrogen-bond donors (Lipinski definition) is 1. The summed E-state index contributed by atoms with van der Waals surface area (Å²) in [5.41, 5.74) is 0. The smallest absolute Gasteiger partial charge is 0.261 e. The number of rotatable bonds is 4. The summed E-state index contributed by atoms with van der Waals surface area (Å²) in [6, 6.07) is 3.47. The highest BCUT2D eigenvalue weighted by Crippen LogP contribution is 2.26. The molecule has 0 atom stereocenters. The number of nitrogens with zero attached hydrogens (tertiary/aromatic N) is 1. The molecule has 0 unspecified atom stereocenters. The number of furan rings is 1. The number of nitrogens with one attached hydrogen (secondary N) is 1. The molecule has 1 amide bonds. The minimum Gasteiger partial charge on any atom is -0.467 e. The van der Waals surface area contributed by atoms with E-state index in [-0.39, 0.29) is 38.5 Å². The fourth-order valence-electron chi connectivity index (χ4n) is 1.80. The summed E-state index contributed by atoms with van der Waals surface area (Å²) in [7, 11) is 0. The Balaban J connectivity index is 1.71. The molecule has 6 heteroatoms. The molecule has 1 saturated heterocycles. The van der Waals surface area contributed by atoms with E-state index in [4.69, 9.17) is 4.42 Å². The molecular weight excluding hydrogens is 230 g/mol. The molecule has 1 N–H and O–H groups in total. The van der Waals surface area contributed by atoms with Crippen molar-refractivity contribution >= 4 is 5.91 Å². The van der Waals surface area contributed by atoms with E-state index in [1.165, 1.54) is 11.2 Å². The van der Waals surface area contributed by atoms with Crippen LogP contribution >= 0.6 is 0 Å². The minimum atomic E-state index is -2.65. The molecule has 0 saturated carbocycles. The number of likely N-dealkylation sites (tertiary alicyclic amines) is 1. The number of carbonyl (C=O) groups excluding carboxylic acids is 1. The van der Waals surface area contributed by atoms with Crippen molar-refractivity contribution in [1.82, 2.24) is 10.2 Å². The Morgan fingerprint density at radius 1 is 1.59 bits per heavy atom. The third-order valence-corrected chi connectivity index (χ3v) is 2.66. The van der Waals surface area contributed by atoms with Gasteiger partial charge in [-0.2, -0.15) is 0 Å². The summed E-state index contributed by atoms with van der Waals surface area (Å²) in [6.45, 7) is 0.231. The van der Waals surface area contributed by atoms with Crippen molar-refractivity contribution in [2.75, 3.05) is 19.6 Å². The van der Waals surface area contributed by atoms with Gasteiger partial charge in [0.15, 0.2) is 0 Å². The lowest BCUT2D eigenvalue weighted by molar-refractivity contribution is -0.122. The van der Waals surface area contributed by atoms with E-state index in [0.29, 0.717) is 5.76 Å². The van der Waals surface area contributed by atoms with E-state index in [2.05, 4.69) is 5.32 Å². The van der Waals surface area contributed by atoms with E-state index in [9.17, 15) is 13.6 Å². The molecule has 17 heavy (non-hydrogen) atoms. The molecule has 1 aromatic rings. The fourth-order valence-corrected chi connectivity index (χ4v) is 1.80. The molecule has 0 aromatic carbocycles. The van der Waals surface area contributed by atoms with Gasteiger partial charge in [-0.3, -0.25) is 9.69 Å². The lowest BCUT2D eigenvalue weighted by Gasteiger charge is -2.14. The van der Waals surface area contributed by atoms with Crippen LogP contribution in [0.5, 0.6) is 0 Å². The predicted molar refractivity (Wildman–Crippen MR) is 56.6 cm³/mol. The number of halogens is 2. The Bertz CT molecular complexity index is 379. The van der Waals surface area contributed by atoms with Crippen LogP contribution in [0.3, 0.4) is 0 Å². The Labute approximate surface area is 97.6 Å². The van der Waals surface area contributed by atoms with Gasteiger partial charge in [-0.25, -0.2) is 8.78 Å². The highest BCUT2D eigenvalue weighted by molar-refractivity contribution is 5.77. The average molecular weight is 244 g/mol. The van der Waals surface area contributed by atoms with Gasteiger partial charge in [-0.15, -0.1) is 0 Å². The van der Waals surface area contributed by atoms with Gasteiger partial charge in [0.2, 0.25) is 5.91 Å². The van der Waals surface area contributed by atoms with Crippen molar-refractivity contribution in [3.8, 4) is 0 Å².